The van der Waals surface area contributed by atoms with Crippen LogP contribution in [-0.2, 0) is 22.6 Å². The van der Waals surface area contributed by atoms with Crippen molar-refractivity contribution in [1.29, 1.82) is 5.26 Å². The maximum absolute atomic E-state index is 14.2. The number of hydrogen-bond donors (Lipinski definition) is 0. The molecule has 3 aromatic carbocycles. The molecule has 2 aromatic heterocycles. The summed E-state index contributed by atoms with van der Waals surface area (Å²) in [5.41, 5.74) is 5.38. The average molecular weight is 565 g/mol. The lowest BCUT2D eigenvalue weighted by atomic mass is 9.98. The highest BCUT2D eigenvalue weighted by atomic mass is 19.1. The average Bonchev–Trinajstić information content (AvgIpc) is 3.40. The predicted octanol–water partition coefficient (Wildman–Crippen LogP) is 6.27. The summed E-state index contributed by atoms with van der Waals surface area (Å²) in [4.78, 5) is 21.6. The summed E-state index contributed by atoms with van der Waals surface area (Å²) in [6, 6.07) is 25.1. The van der Waals surface area contributed by atoms with Gasteiger partial charge in [0, 0.05) is 36.8 Å². The third-order valence-electron chi connectivity index (χ3n) is 7.09. The number of fused-ring (bicyclic) bond motifs is 1. The molecule has 0 saturated carbocycles. The van der Waals surface area contributed by atoms with Crippen LogP contribution >= 0.6 is 0 Å². The monoisotopic (exact) mass is 564 g/mol. The molecule has 2 heterocycles. The van der Waals surface area contributed by atoms with Gasteiger partial charge in [0.2, 0.25) is 5.88 Å². The predicted molar refractivity (Wildman–Crippen MR) is 156 cm³/mol. The number of carbonyl (C=O) groups excluding carboxylic acids is 1. The van der Waals surface area contributed by atoms with E-state index in [0.717, 1.165) is 33.7 Å². The van der Waals surface area contributed by atoms with Crippen molar-refractivity contribution in [3.63, 3.8) is 0 Å². The maximum atomic E-state index is 14.2. The first-order chi connectivity index (χ1) is 20.4. The van der Waals surface area contributed by atoms with Gasteiger partial charge in [-0.1, -0.05) is 43.3 Å². The Hall–Kier alpha value is -5.07. The highest BCUT2D eigenvalue weighted by Crippen LogP contribution is 2.30. The molecule has 5 aromatic rings. The highest BCUT2D eigenvalue weighted by Gasteiger charge is 2.20. The van der Waals surface area contributed by atoms with E-state index in [1.807, 2.05) is 48.5 Å². The maximum Gasteiger partial charge on any atom is 0.337 e. The number of esters is 1. The number of ether oxygens (including phenoxy) is 3. The molecule has 0 amide bonds. The van der Waals surface area contributed by atoms with Gasteiger partial charge >= 0.3 is 5.97 Å². The second-order valence-corrected chi connectivity index (χ2v) is 9.72. The number of halogens is 1. The molecular weight excluding hydrogens is 535 g/mol. The molecule has 0 aliphatic carbocycles. The fraction of sp³-hybridized carbons (Fsp3) is 0.212. The minimum Gasteiger partial charge on any atom is -0.473 e. The van der Waals surface area contributed by atoms with E-state index >= 15 is 0 Å². The lowest BCUT2D eigenvalue weighted by molar-refractivity contribution is 0.0601. The number of imidazole rings is 1. The standard InChI is InChI=1S/C33H29FN4O4/c1-21(32-37-29-14-13-25(33(39)41-3)18-30(29)38(32)15-16-40-2)23-9-11-24(12-10-23)28-5-4-6-31(36-28)42-20-26-8-7-22(19-35)17-27(26)34/h4-14,17-18,21H,15-16,20H2,1-3H3/t21-/m1/s1. The van der Waals surface area contributed by atoms with Crippen molar-refractivity contribution in [2.45, 2.75) is 26.0 Å². The minimum absolute atomic E-state index is 0.00432. The number of methoxy groups -OCH3 is 2. The van der Waals surface area contributed by atoms with Gasteiger partial charge in [0.05, 0.1) is 47.6 Å². The van der Waals surface area contributed by atoms with Crippen LogP contribution in [0.2, 0.25) is 0 Å². The first-order valence-corrected chi connectivity index (χ1v) is 13.4. The van der Waals surface area contributed by atoms with Crippen molar-refractivity contribution in [1.82, 2.24) is 14.5 Å². The quantitative estimate of drug-likeness (QED) is 0.184. The summed E-state index contributed by atoms with van der Waals surface area (Å²) < 4.78 is 32.3. The molecule has 0 spiro atoms. The van der Waals surface area contributed by atoms with Crippen LogP contribution in [0.15, 0.2) is 78.9 Å². The number of aromatic nitrogens is 3. The van der Waals surface area contributed by atoms with Crippen LogP contribution in [0.25, 0.3) is 22.3 Å². The SMILES string of the molecule is COCCn1c([C@H](C)c2ccc(-c3cccc(OCc4ccc(C#N)cc4F)n3)cc2)nc2ccc(C(=O)OC)cc21. The van der Waals surface area contributed by atoms with E-state index in [0.29, 0.717) is 30.2 Å². The van der Waals surface area contributed by atoms with Crippen molar-refractivity contribution >= 4 is 17.0 Å². The van der Waals surface area contributed by atoms with E-state index in [4.69, 9.17) is 24.5 Å². The molecule has 0 bridgehead atoms. The van der Waals surface area contributed by atoms with Gasteiger partial charge in [-0.05, 0) is 42.0 Å². The van der Waals surface area contributed by atoms with Crippen LogP contribution in [0.5, 0.6) is 5.88 Å². The summed E-state index contributed by atoms with van der Waals surface area (Å²) in [6.45, 7) is 3.16. The lowest BCUT2D eigenvalue weighted by Crippen LogP contribution is -2.12. The second-order valence-electron chi connectivity index (χ2n) is 9.72. The normalized spacial score (nSPS) is 11.7. The first-order valence-electron chi connectivity index (χ1n) is 13.4. The van der Waals surface area contributed by atoms with Crippen molar-refractivity contribution in [2.24, 2.45) is 0 Å². The number of carbonyl (C=O) groups is 1. The molecule has 0 aliphatic heterocycles. The lowest BCUT2D eigenvalue weighted by Gasteiger charge is -2.16. The fourth-order valence-electron chi connectivity index (χ4n) is 4.77. The van der Waals surface area contributed by atoms with Crippen molar-refractivity contribution < 1.29 is 23.4 Å². The van der Waals surface area contributed by atoms with Gasteiger partial charge in [0.1, 0.15) is 18.2 Å². The summed E-state index contributed by atoms with van der Waals surface area (Å²) in [5.74, 6) is 0.294. The Kier molecular flexibility index (Phi) is 8.55. The zero-order valence-corrected chi connectivity index (χ0v) is 23.5. The third-order valence-corrected chi connectivity index (χ3v) is 7.09. The minimum atomic E-state index is -0.491. The van der Waals surface area contributed by atoms with E-state index in [1.165, 1.54) is 13.2 Å². The van der Waals surface area contributed by atoms with Gasteiger partial charge in [-0.25, -0.2) is 19.2 Å². The molecule has 8 nitrogen and oxygen atoms in total. The van der Waals surface area contributed by atoms with Crippen molar-refractivity contribution in [3.05, 3.63) is 113 Å². The second kappa shape index (κ2) is 12.6. The Morgan fingerprint density at radius 2 is 1.83 bits per heavy atom. The Balaban J connectivity index is 1.36. The molecule has 9 heteroatoms. The Morgan fingerprint density at radius 3 is 2.55 bits per heavy atom. The largest absolute Gasteiger partial charge is 0.473 e. The molecular formula is C33H29FN4O4. The summed E-state index contributed by atoms with van der Waals surface area (Å²) in [5, 5.41) is 8.93. The Morgan fingerprint density at radius 1 is 1.02 bits per heavy atom. The van der Waals surface area contributed by atoms with Gasteiger partial charge in [0.25, 0.3) is 0 Å². The van der Waals surface area contributed by atoms with E-state index in [2.05, 4.69) is 16.5 Å². The van der Waals surface area contributed by atoms with Crippen LogP contribution in [0.1, 0.15) is 45.7 Å². The van der Waals surface area contributed by atoms with Crippen LogP contribution < -0.4 is 4.74 Å². The number of benzene rings is 3. The topological polar surface area (TPSA) is 99.3 Å². The van der Waals surface area contributed by atoms with Gasteiger partial charge < -0.3 is 18.8 Å². The molecule has 212 valence electrons. The van der Waals surface area contributed by atoms with Crippen LogP contribution in [0.3, 0.4) is 0 Å². The molecule has 42 heavy (non-hydrogen) atoms. The van der Waals surface area contributed by atoms with E-state index in [-0.39, 0.29) is 18.1 Å². The fourth-order valence-corrected chi connectivity index (χ4v) is 4.77. The molecule has 1 atom stereocenters. The molecule has 0 saturated heterocycles. The van der Waals surface area contributed by atoms with Gasteiger partial charge in [-0.2, -0.15) is 5.26 Å². The summed E-state index contributed by atoms with van der Waals surface area (Å²) in [6.07, 6.45) is 0. The van der Waals surface area contributed by atoms with Crippen molar-refractivity contribution in [3.8, 4) is 23.2 Å². The highest BCUT2D eigenvalue weighted by molar-refractivity contribution is 5.93. The van der Waals surface area contributed by atoms with E-state index in [1.54, 1.807) is 37.4 Å². The summed E-state index contributed by atoms with van der Waals surface area (Å²) >= 11 is 0. The first kappa shape index (κ1) is 28.5. The van der Waals surface area contributed by atoms with E-state index in [9.17, 15) is 9.18 Å². The van der Waals surface area contributed by atoms with E-state index < -0.39 is 11.8 Å². The van der Waals surface area contributed by atoms with Gasteiger partial charge in [-0.3, -0.25) is 0 Å². The molecule has 0 radical (unpaired) electrons. The van der Waals surface area contributed by atoms with Crippen LogP contribution in [0.4, 0.5) is 4.39 Å². The molecule has 5 rings (SSSR count). The molecule has 0 unspecified atom stereocenters. The molecule has 0 fully saturated rings. The number of rotatable bonds is 10. The van der Waals surface area contributed by atoms with Crippen LogP contribution in [-0.4, -0.2) is 41.3 Å². The van der Waals surface area contributed by atoms with Gasteiger partial charge in [-0.15, -0.1) is 0 Å². The van der Waals surface area contributed by atoms with Gasteiger partial charge in [0.15, 0.2) is 0 Å². The number of pyridine rings is 1. The van der Waals surface area contributed by atoms with Crippen LogP contribution in [0, 0.1) is 17.1 Å². The third kappa shape index (κ3) is 5.99. The zero-order chi connectivity index (χ0) is 29.6. The number of hydrogen-bond acceptors (Lipinski definition) is 7. The number of nitriles is 1. The van der Waals surface area contributed by atoms with Crippen molar-refractivity contribution in [2.75, 3.05) is 20.8 Å². The zero-order valence-electron chi connectivity index (χ0n) is 23.5. The number of nitrogens with zero attached hydrogens (tertiary/aromatic N) is 4. The Bertz CT molecular complexity index is 1780. The molecule has 0 aliphatic rings. The molecule has 0 N–H and O–H groups in total. The summed E-state index contributed by atoms with van der Waals surface area (Å²) in [7, 11) is 3.02. The smallest absolute Gasteiger partial charge is 0.337 e. The Labute approximate surface area is 242 Å².